The van der Waals surface area contributed by atoms with Crippen LogP contribution in [0.1, 0.15) is 63.6 Å². The van der Waals surface area contributed by atoms with Gasteiger partial charge < -0.3 is 10.1 Å². The second-order valence-electron chi connectivity index (χ2n) is 6.28. The Balaban J connectivity index is 2.16. The molecule has 1 saturated heterocycles. The highest BCUT2D eigenvalue weighted by Crippen LogP contribution is 2.33. The van der Waals surface area contributed by atoms with Gasteiger partial charge in [0.05, 0.1) is 6.10 Å². The zero-order chi connectivity index (χ0) is 14.5. The topological polar surface area (TPSA) is 21.3 Å². The molecule has 1 aliphatic heterocycles. The molecule has 2 rings (SSSR count). The van der Waals surface area contributed by atoms with Gasteiger partial charge in [0, 0.05) is 18.6 Å². The van der Waals surface area contributed by atoms with E-state index in [0.717, 1.165) is 19.6 Å². The molecule has 1 aromatic carbocycles. The Morgan fingerprint density at radius 1 is 1.20 bits per heavy atom. The zero-order valence-electron chi connectivity index (χ0n) is 13.4. The Morgan fingerprint density at radius 2 is 1.85 bits per heavy atom. The van der Waals surface area contributed by atoms with Crippen LogP contribution in [-0.4, -0.2) is 19.3 Å². The average Bonchev–Trinajstić information content (AvgIpc) is 2.86. The van der Waals surface area contributed by atoms with E-state index < -0.39 is 0 Å². The molecule has 1 N–H and O–H groups in total. The quantitative estimate of drug-likeness (QED) is 0.837. The number of ether oxygens (including phenoxy) is 1. The number of nitrogens with one attached hydrogen (secondary N) is 1. The predicted molar refractivity (Wildman–Crippen MR) is 85.1 cm³/mol. The van der Waals surface area contributed by atoms with Gasteiger partial charge >= 0.3 is 0 Å². The highest BCUT2D eigenvalue weighted by atomic mass is 16.5. The minimum Gasteiger partial charge on any atom is -0.378 e. The molecular weight excluding hydrogens is 246 g/mol. The summed E-state index contributed by atoms with van der Waals surface area (Å²) in [4.78, 5) is 0. The monoisotopic (exact) mass is 275 g/mol. The molecule has 2 nitrogen and oxygen atoms in total. The Hall–Kier alpha value is -0.860. The van der Waals surface area contributed by atoms with Crippen molar-refractivity contribution in [2.24, 2.45) is 5.92 Å². The summed E-state index contributed by atoms with van der Waals surface area (Å²) in [5.74, 6) is 1.19. The maximum atomic E-state index is 5.77. The van der Waals surface area contributed by atoms with Crippen LogP contribution in [0.4, 0.5) is 0 Å². The van der Waals surface area contributed by atoms with Gasteiger partial charge in [-0.1, -0.05) is 45.0 Å². The third-order valence-electron chi connectivity index (χ3n) is 4.44. The van der Waals surface area contributed by atoms with Crippen LogP contribution < -0.4 is 5.32 Å². The van der Waals surface area contributed by atoms with Crippen LogP contribution in [0.2, 0.25) is 0 Å². The van der Waals surface area contributed by atoms with E-state index in [2.05, 4.69) is 57.3 Å². The SMILES string of the molecule is CCCNC(c1ccc(C(C)C)cc1)C1CCOC1C. The van der Waals surface area contributed by atoms with Crippen molar-refractivity contribution in [1.29, 1.82) is 0 Å². The van der Waals surface area contributed by atoms with Crippen molar-refractivity contribution < 1.29 is 4.74 Å². The third-order valence-corrected chi connectivity index (χ3v) is 4.44. The molecule has 0 spiro atoms. The Morgan fingerprint density at radius 3 is 2.35 bits per heavy atom. The molecule has 1 fully saturated rings. The summed E-state index contributed by atoms with van der Waals surface area (Å²) in [7, 11) is 0. The van der Waals surface area contributed by atoms with Crippen molar-refractivity contribution in [2.75, 3.05) is 13.2 Å². The van der Waals surface area contributed by atoms with Crippen molar-refractivity contribution in [3.63, 3.8) is 0 Å². The first-order valence-electron chi connectivity index (χ1n) is 8.08. The summed E-state index contributed by atoms with van der Waals surface area (Å²) in [6.45, 7) is 10.9. The molecule has 112 valence electrons. The lowest BCUT2D eigenvalue weighted by molar-refractivity contribution is 0.0954. The lowest BCUT2D eigenvalue weighted by atomic mass is 9.87. The molecule has 3 unspecified atom stereocenters. The van der Waals surface area contributed by atoms with Crippen molar-refractivity contribution in [3.8, 4) is 0 Å². The van der Waals surface area contributed by atoms with Crippen LogP contribution in [0, 0.1) is 5.92 Å². The van der Waals surface area contributed by atoms with Crippen molar-refractivity contribution in [2.45, 2.75) is 58.6 Å². The molecule has 0 saturated carbocycles. The van der Waals surface area contributed by atoms with Crippen molar-refractivity contribution in [1.82, 2.24) is 5.32 Å². The molecule has 0 amide bonds. The van der Waals surface area contributed by atoms with Gasteiger partial charge in [-0.25, -0.2) is 0 Å². The number of benzene rings is 1. The predicted octanol–water partition coefficient (Wildman–Crippen LogP) is 4.28. The first-order chi connectivity index (χ1) is 9.63. The standard InChI is InChI=1S/C18H29NO/c1-5-11-19-18(17-10-12-20-14(17)4)16-8-6-15(7-9-16)13(2)3/h6-9,13-14,17-19H,5,10-12H2,1-4H3. The van der Waals surface area contributed by atoms with E-state index in [1.165, 1.54) is 17.5 Å². The normalized spacial score (nSPS) is 24.2. The maximum absolute atomic E-state index is 5.77. The second kappa shape index (κ2) is 7.24. The van der Waals surface area contributed by atoms with Gasteiger partial charge in [-0.05, 0) is 43.4 Å². The fourth-order valence-corrected chi connectivity index (χ4v) is 3.09. The molecule has 1 heterocycles. The van der Waals surface area contributed by atoms with Gasteiger partial charge in [0.25, 0.3) is 0 Å². The first kappa shape index (κ1) is 15.5. The van der Waals surface area contributed by atoms with E-state index in [4.69, 9.17) is 4.74 Å². The molecule has 0 aromatic heterocycles. The van der Waals surface area contributed by atoms with Gasteiger partial charge in [0.1, 0.15) is 0 Å². The average molecular weight is 275 g/mol. The summed E-state index contributed by atoms with van der Waals surface area (Å²) >= 11 is 0. The molecule has 2 heteroatoms. The molecular formula is C18H29NO. The van der Waals surface area contributed by atoms with Gasteiger partial charge in [0.2, 0.25) is 0 Å². The Kier molecular flexibility index (Phi) is 5.62. The molecule has 20 heavy (non-hydrogen) atoms. The molecule has 0 radical (unpaired) electrons. The minimum atomic E-state index is 0.356. The fourth-order valence-electron chi connectivity index (χ4n) is 3.09. The van der Waals surface area contributed by atoms with Crippen molar-refractivity contribution in [3.05, 3.63) is 35.4 Å². The smallest absolute Gasteiger partial charge is 0.0594 e. The van der Waals surface area contributed by atoms with E-state index in [1.54, 1.807) is 0 Å². The van der Waals surface area contributed by atoms with Crippen LogP contribution in [0.3, 0.4) is 0 Å². The van der Waals surface area contributed by atoms with E-state index in [1.807, 2.05) is 0 Å². The van der Waals surface area contributed by atoms with Crippen LogP contribution in [0.15, 0.2) is 24.3 Å². The van der Waals surface area contributed by atoms with Gasteiger partial charge in [-0.15, -0.1) is 0 Å². The van der Waals surface area contributed by atoms with Crippen molar-refractivity contribution >= 4 is 0 Å². The van der Waals surface area contributed by atoms with E-state index in [9.17, 15) is 0 Å². The lowest BCUT2D eigenvalue weighted by Gasteiger charge is -2.27. The summed E-state index contributed by atoms with van der Waals surface area (Å²) < 4.78 is 5.77. The zero-order valence-corrected chi connectivity index (χ0v) is 13.4. The molecule has 3 atom stereocenters. The van der Waals surface area contributed by atoms with Crippen LogP contribution in [0.25, 0.3) is 0 Å². The van der Waals surface area contributed by atoms with Crippen LogP contribution >= 0.6 is 0 Å². The van der Waals surface area contributed by atoms with Gasteiger partial charge in [-0.2, -0.15) is 0 Å². The molecule has 1 aliphatic rings. The first-order valence-corrected chi connectivity index (χ1v) is 8.08. The highest BCUT2D eigenvalue weighted by Gasteiger charge is 2.32. The highest BCUT2D eigenvalue weighted by molar-refractivity contribution is 5.27. The van der Waals surface area contributed by atoms with Crippen LogP contribution in [-0.2, 0) is 4.74 Å². The summed E-state index contributed by atoms with van der Waals surface area (Å²) in [6.07, 6.45) is 2.69. The van der Waals surface area contributed by atoms with E-state index >= 15 is 0 Å². The Labute approximate surface area is 123 Å². The summed E-state index contributed by atoms with van der Waals surface area (Å²) in [5.41, 5.74) is 2.82. The molecule has 1 aromatic rings. The minimum absolute atomic E-state index is 0.356. The number of hydrogen-bond acceptors (Lipinski definition) is 2. The number of rotatable bonds is 6. The number of hydrogen-bond donors (Lipinski definition) is 1. The molecule has 0 aliphatic carbocycles. The summed E-state index contributed by atoms with van der Waals surface area (Å²) in [5, 5.41) is 3.73. The second-order valence-corrected chi connectivity index (χ2v) is 6.28. The van der Waals surface area contributed by atoms with E-state index in [-0.39, 0.29) is 0 Å². The summed E-state index contributed by atoms with van der Waals surface area (Å²) in [6, 6.07) is 9.58. The molecule has 0 bridgehead atoms. The van der Waals surface area contributed by atoms with Gasteiger partial charge in [-0.3, -0.25) is 0 Å². The third kappa shape index (κ3) is 3.62. The van der Waals surface area contributed by atoms with Gasteiger partial charge in [0.15, 0.2) is 0 Å². The maximum Gasteiger partial charge on any atom is 0.0594 e. The largest absolute Gasteiger partial charge is 0.378 e. The Bertz CT molecular complexity index is 398. The van der Waals surface area contributed by atoms with E-state index in [0.29, 0.717) is 24.0 Å². The van der Waals surface area contributed by atoms with Crippen LogP contribution in [0.5, 0.6) is 0 Å². The lowest BCUT2D eigenvalue weighted by Crippen LogP contribution is -2.32. The fraction of sp³-hybridized carbons (Fsp3) is 0.667.